The molecule has 0 radical (unpaired) electrons. The fraction of sp³-hybridized carbons (Fsp3) is 0.833. The lowest BCUT2D eigenvalue weighted by Gasteiger charge is -2.39. The van der Waals surface area contributed by atoms with Gasteiger partial charge in [0.05, 0.1) is 0 Å². The summed E-state index contributed by atoms with van der Waals surface area (Å²) in [5, 5.41) is 2.92. The molecule has 0 aromatic heterocycles. The first-order valence-electron chi connectivity index (χ1n) is 3.36. The number of carbonyl (C=O) groups is 1. The van der Waals surface area contributed by atoms with E-state index in [0.717, 1.165) is 19.3 Å². The Bertz CT molecular complexity index is 142. The van der Waals surface area contributed by atoms with Gasteiger partial charge in [0.1, 0.15) is 0 Å². The van der Waals surface area contributed by atoms with Gasteiger partial charge in [0.2, 0.25) is 0 Å². The topological polar surface area (TPSA) is 64.3 Å². The molecule has 11 heavy (non-hydrogen) atoms. The van der Waals surface area contributed by atoms with Crippen molar-refractivity contribution in [3.8, 4) is 0 Å². The Morgan fingerprint density at radius 3 is 2.27 bits per heavy atom. The van der Waals surface area contributed by atoms with Crippen molar-refractivity contribution in [3.63, 3.8) is 0 Å². The van der Waals surface area contributed by atoms with Gasteiger partial charge in [-0.05, 0) is 13.5 Å². The van der Waals surface area contributed by atoms with E-state index < -0.39 is 11.8 Å². The maximum absolute atomic E-state index is 10.3. The van der Waals surface area contributed by atoms with Crippen LogP contribution >= 0.6 is 12.4 Å². The number of halogens is 1. The zero-order chi connectivity index (χ0) is 7.61. The summed E-state index contributed by atoms with van der Waals surface area (Å²) in [7, 11) is 1.77. The molecule has 1 aliphatic carbocycles. The number of nitrogens with two attached hydrogens (primary N) is 1. The average molecular weight is 181 g/mol. The first-order chi connectivity index (χ1) is 4.68. The molecule has 3 N–H and O–H groups in total. The molecule has 5 heteroatoms. The zero-order valence-electron chi connectivity index (χ0n) is 6.42. The highest BCUT2D eigenvalue weighted by Crippen LogP contribution is 2.32. The van der Waals surface area contributed by atoms with Crippen molar-refractivity contribution >= 4 is 18.5 Å². The SMILES string of the molecule is CNC1(OC(N)=O)CCC1.Cl. The van der Waals surface area contributed by atoms with E-state index in [-0.39, 0.29) is 12.4 Å². The maximum Gasteiger partial charge on any atom is 0.406 e. The summed E-state index contributed by atoms with van der Waals surface area (Å²) < 4.78 is 4.85. The molecule has 0 aromatic rings. The van der Waals surface area contributed by atoms with Crippen LogP contribution < -0.4 is 11.1 Å². The Kier molecular flexibility index (Phi) is 3.62. The van der Waals surface area contributed by atoms with E-state index >= 15 is 0 Å². The lowest BCUT2D eigenvalue weighted by atomic mass is 9.88. The number of rotatable bonds is 2. The molecule has 1 aliphatic rings. The molecule has 1 saturated carbocycles. The van der Waals surface area contributed by atoms with Crippen LogP contribution in [0, 0.1) is 0 Å². The Labute approximate surface area is 71.9 Å². The third-order valence-electron chi connectivity index (χ3n) is 1.91. The smallest absolute Gasteiger partial charge is 0.406 e. The molecule has 0 aromatic carbocycles. The van der Waals surface area contributed by atoms with Crippen molar-refractivity contribution in [3.05, 3.63) is 0 Å². The Morgan fingerprint density at radius 1 is 1.64 bits per heavy atom. The average Bonchev–Trinajstić information content (AvgIpc) is 1.78. The van der Waals surface area contributed by atoms with E-state index in [1.165, 1.54) is 0 Å². The summed E-state index contributed by atoms with van der Waals surface area (Å²) in [6.07, 6.45) is 2.13. The second kappa shape index (κ2) is 3.78. The third kappa shape index (κ3) is 2.24. The van der Waals surface area contributed by atoms with Gasteiger partial charge in [-0.15, -0.1) is 12.4 Å². The number of carbonyl (C=O) groups excluding carboxylic acids is 1. The van der Waals surface area contributed by atoms with Crippen LogP contribution in [0.1, 0.15) is 19.3 Å². The molecule has 0 aliphatic heterocycles. The van der Waals surface area contributed by atoms with Crippen molar-refractivity contribution in [1.82, 2.24) is 5.32 Å². The lowest BCUT2D eigenvalue weighted by molar-refractivity contribution is -0.0648. The van der Waals surface area contributed by atoms with Crippen molar-refractivity contribution in [2.45, 2.75) is 25.0 Å². The number of hydrogen-bond acceptors (Lipinski definition) is 3. The van der Waals surface area contributed by atoms with Gasteiger partial charge in [0, 0.05) is 12.8 Å². The Balaban J connectivity index is 0.000001000. The van der Waals surface area contributed by atoms with Crippen molar-refractivity contribution < 1.29 is 9.53 Å². The number of ether oxygens (including phenoxy) is 1. The number of amides is 1. The summed E-state index contributed by atoms with van der Waals surface area (Å²) in [6.45, 7) is 0. The summed E-state index contributed by atoms with van der Waals surface area (Å²) in [4.78, 5) is 10.3. The predicted octanol–water partition coefficient (Wildman–Crippen LogP) is 0.603. The van der Waals surface area contributed by atoms with Gasteiger partial charge >= 0.3 is 6.09 Å². The molecule has 0 spiro atoms. The Morgan fingerprint density at radius 2 is 2.18 bits per heavy atom. The van der Waals surface area contributed by atoms with Gasteiger partial charge < -0.3 is 10.5 Å². The van der Waals surface area contributed by atoms with Crippen molar-refractivity contribution in [2.75, 3.05) is 7.05 Å². The first kappa shape index (κ1) is 10.5. The van der Waals surface area contributed by atoms with Crippen LogP contribution in [0.4, 0.5) is 4.79 Å². The van der Waals surface area contributed by atoms with E-state index in [9.17, 15) is 4.79 Å². The van der Waals surface area contributed by atoms with Gasteiger partial charge in [-0.1, -0.05) is 0 Å². The molecule has 0 bridgehead atoms. The minimum absolute atomic E-state index is 0. The van der Waals surface area contributed by atoms with Gasteiger partial charge in [0.15, 0.2) is 5.72 Å². The van der Waals surface area contributed by atoms with Gasteiger partial charge in [0.25, 0.3) is 0 Å². The molecule has 4 nitrogen and oxygen atoms in total. The second-order valence-corrected chi connectivity index (χ2v) is 2.52. The highest BCUT2D eigenvalue weighted by molar-refractivity contribution is 5.85. The third-order valence-corrected chi connectivity index (χ3v) is 1.91. The highest BCUT2D eigenvalue weighted by atomic mass is 35.5. The van der Waals surface area contributed by atoms with Gasteiger partial charge in [-0.3, -0.25) is 5.32 Å². The summed E-state index contributed by atoms with van der Waals surface area (Å²) in [6, 6.07) is 0. The Hall–Kier alpha value is -0.480. The lowest BCUT2D eigenvalue weighted by Crippen LogP contribution is -2.53. The van der Waals surface area contributed by atoms with Crippen LogP contribution in [-0.4, -0.2) is 18.9 Å². The van der Waals surface area contributed by atoms with Crippen LogP contribution in [0.25, 0.3) is 0 Å². The molecule has 0 heterocycles. The molecule has 0 unspecified atom stereocenters. The van der Waals surface area contributed by atoms with Gasteiger partial charge in [-0.25, -0.2) is 4.79 Å². The highest BCUT2D eigenvalue weighted by Gasteiger charge is 2.38. The van der Waals surface area contributed by atoms with Crippen LogP contribution in [0.5, 0.6) is 0 Å². The van der Waals surface area contributed by atoms with Crippen LogP contribution in [-0.2, 0) is 4.74 Å². The van der Waals surface area contributed by atoms with Crippen molar-refractivity contribution in [2.24, 2.45) is 5.73 Å². The van der Waals surface area contributed by atoms with E-state index in [4.69, 9.17) is 10.5 Å². The summed E-state index contributed by atoms with van der Waals surface area (Å²) >= 11 is 0. The first-order valence-corrected chi connectivity index (χ1v) is 3.36. The van der Waals surface area contributed by atoms with Crippen LogP contribution in [0.15, 0.2) is 0 Å². The predicted molar refractivity (Wildman–Crippen MR) is 43.6 cm³/mol. The number of primary amides is 1. The van der Waals surface area contributed by atoms with E-state index in [1.807, 2.05) is 0 Å². The minimum Gasteiger partial charge on any atom is -0.428 e. The largest absolute Gasteiger partial charge is 0.428 e. The standard InChI is InChI=1S/C6H12N2O2.ClH/c1-8-6(3-2-4-6)10-5(7)9;/h8H,2-4H2,1H3,(H2,7,9);1H. The molecule has 1 rings (SSSR count). The summed E-state index contributed by atoms with van der Waals surface area (Å²) in [5.74, 6) is 0. The van der Waals surface area contributed by atoms with Crippen LogP contribution in [0.3, 0.4) is 0 Å². The maximum atomic E-state index is 10.3. The normalized spacial score (nSPS) is 19.4. The molecule has 0 saturated heterocycles. The molecular formula is C6H13ClN2O2. The molecular weight excluding hydrogens is 168 g/mol. The monoisotopic (exact) mass is 180 g/mol. The molecule has 0 atom stereocenters. The quantitative estimate of drug-likeness (QED) is 0.612. The number of nitrogens with one attached hydrogen (secondary N) is 1. The minimum atomic E-state index is -0.700. The van der Waals surface area contributed by atoms with Crippen molar-refractivity contribution in [1.29, 1.82) is 0 Å². The fourth-order valence-corrected chi connectivity index (χ4v) is 1.09. The molecule has 1 amide bonds. The summed E-state index contributed by atoms with van der Waals surface area (Å²) in [5.41, 5.74) is 4.42. The molecule has 1 fully saturated rings. The zero-order valence-corrected chi connectivity index (χ0v) is 7.24. The van der Waals surface area contributed by atoms with E-state index in [1.54, 1.807) is 7.05 Å². The van der Waals surface area contributed by atoms with Gasteiger partial charge in [-0.2, -0.15) is 0 Å². The fourth-order valence-electron chi connectivity index (χ4n) is 1.09. The van der Waals surface area contributed by atoms with Crippen LogP contribution in [0.2, 0.25) is 0 Å². The molecule has 66 valence electrons. The second-order valence-electron chi connectivity index (χ2n) is 2.52. The van der Waals surface area contributed by atoms with E-state index in [2.05, 4.69) is 5.32 Å². The number of hydrogen-bond donors (Lipinski definition) is 2. The van der Waals surface area contributed by atoms with E-state index in [0.29, 0.717) is 0 Å².